The number of aliphatic hydroxyl groups is 1. The summed E-state index contributed by atoms with van der Waals surface area (Å²) in [6.07, 6.45) is 5.17. The van der Waals surface area contributed by atoms with Gasteiger partial charge in [-0.3, -0.25) is 29.8 Å². The molecule has 16 nitrogen and oxygen atoms in total. The molecule has 11 N–H and O–H groups in total. The number of rotatable bonds is 10. The predicted molar refractivity (Wildman–Crippen MR) is 223 cm³/mol. The second-order valence-corrected chi connectivity index (χ2v) is 16.5. The van der Waals surface area contributed by atoms with E-state index in [9.17, 15) is 24.3 Å². The number of nitrogens with two attached hydrogens (primary N) is 1. The van der Waals surface area contributed by atoms with Crippen LogP contribution in [0.5, 0.6) is 0 Å². The van der Waals surface area contributed by atoms with Crippen molar-refractivity contribution < 1.29 is 29.0 Å². The number of hydrogen-bond donors (Lipinski definition) is 10. The number of carbonyl (C=O) groups is 4. The zero-order valence-electron chi connectivity index (χ0n) is 32.0. The maximum atomic E-state index is 14.3. The molecular formula is C39H54N10O6S2. The van der Waals surface area contributed by atoms with E-state index in [1.807, 2.05) is 54.6 Å². The third kappa shape index (κ3) is 13.9. The van der Waals surface area contributed by atoms with Gasteiger partial charge in [0.25, 0.3) is 0 Å². The number of H-pyrrole nitrogens is 2. The highest BCUT2D eigenvalue weighted by molar-refractivity contribution is 8.76. The van der Waals surface area contributed by atoms with Crippen molar-refractivity contribution in [3.63, 3.8) is 0 Å². The topological polar surface area (TPSA) is 240 Å². The highest BCUT2D eigenvalue weighted by Gasteiger charge is 2.32. The maximum absolute atomic E-state index is 14.3. The molecule has 1 saturated heterocycles. The Kier molecular flexibility index (Phi) is 17.7. The van der Waals surface area contributed by atoms with Gasteiger partial charge in [0.2, 0.25) is 23.6 Å². The summed E-state index contributed by atoms with van der Waals surface area (Å²) >= 11 is 0. The molecule has 2 aromatic heterocycles. The quantitative estimate of drug-likeness (QED) is 0.100. The molecule has 2 aromatic carbocycles. The molecule has 0 aliphatic carbocycles. The Morgan fingerprint density at radius 3 is 2.37 bits per heavy atom. The molecule has 5 rings (SSSR count). The molecule has 0 spiro atoms. The number of nitrogens with zero attached hydrogens (tertiary/aromatic N) is 1. The Bertz CT molecular complexity index is 1850. The number of aromatic nitrogens is 3. The van der Waals surface area contributed by atoms with Gasteiger partial charge in [0.15, 0.2) is 0 Å². The Morgan fingerprint density at radius 2 is 1.60 bits per heavy atom. The van der Waals surface area contributed by atoms with Crippen LogP contribution >= 0.6 is 21.6 Å². The lowest BCUT2D eigenvalue weighted by Gasteiger charge is -2.32. The third-order valence-corrected chi connectivity index (χ3v) is 12.0. The second-order valence-electron chi connectivity index (χ2n) is 13.7. The maximum Gasteiger partial charge on any atom is 0.243 e. The number of aromatic amines is 2. The van der Waals surface area contributed by atoms with Gasteiger partial charge in [-0.2, -0.15) is 0 Å². The van der Waals surface area contributed by atoms with Crippen molar-refractivity contribution in [2.24, 2.45) is 5.73 Å². The van der Waals surface area contributed by atoms with E-state index in [1.165, 1.54) is 0 Å². The number of ether oxygens (including phenoxy) is 1. The zero-order valence-corrected chi connectivity index (χ0v) is 33.6. The highest BCUT2D eigenvalue weighted by atomic mass is 33.1. The Morgan fingerprint density at radius 1 is 0.842 bits per heavy atom. The van der Waals surface area contributed by atoms with Crippen LogP contribution in [-0.2, 0) is 43.2 Å². The van der Waals surface area contributed by atoms with E-state index in [1.54, 1.807) is 47.4 Å². The van der Waals surface area contributed by atoms with Gasteiger partial charge in [-0.25, -0.2) is 4.98 Å². The largest absolute Gasteiger partial charge is 0.377 e. The van der Waals surface area contributed by atoms with E-state index in [0.717, 1.165) is 27.7 Å². The van der Waals surface area contributed by atoms with Crippen LogP contribution in [0.1, 0.15) is 36.1 Å². The number of imidazole rings is 1. The fraction of sp³-hybridized carbons (Fsp3) is 0.462. The normalized spacial score (nSPS) is 24.3. The van der Waals surface area contributed by atoms with Crippen molar-refractivity contribution in [1.29, 1.82) is 0 Å². The lowest BCUT2D eigenvalue weighted by Crippen LogP contribution is -2.61. The van der Waals surface area contributed by atoms with Crippen LogP contribution in [0.3, 0.4) is 0 Å². The van der Waals surface area contributed by atoms with Crippen LogP contribution in [-0.4, -0.2) is 119 Å². The van der Waals surface area contributed by atoms with E-state index < -0.39 is 54.3 Å². The highest BCUT2D eigenvalue weighted by Crippen LogP contribution is 2.23. The first-order chi connectivity index (χ1) is 27.7. The summed E-state index contributed by atoms with van der Waals surface area (Å²) in [7, 11) is 4.81. The number of nitrogens with one attached hydrogen (secondary N) is 8. The minimum absolute atomic E-state index is 0.117. The number of fused-ring (bicyclic) bond motifs is 1. The first-order valence-electron chi connectivity index (χ1n) is 19.1. The summed E-state index contributed by atoms with van der Waals surface area (Å²) in [6.45, 7) is 0.377. The summed E-state index contributed by atoms with van der Waals surface area (Å²) in [5.41, 5.74) is 9.13. The summed E-state index contributed by atoms with van der Waals surface area (Å²) in [5.74, 6) is -0.683. The molecule has 18 heteroatoms. The molecule has 1 fully saturated rings. The van der Waals surface area contributed by atoms with Crippen LogP contribution in [0.15, 0.2) is 73.3 Å². The summed E-state index contributed by atoms with van der Waals surface area (Å²) in [5, 5.41) is 30.5. The molecule has 3 unspecified atom stereocenters. The molecule has 1 aliphatic rings. The predicted octanol–water partition coefficient (Wildman–Crippen LogP) is 0.852. The standard InChI is InChI=1S/C39H54N10O6S2/c1-55-35-13-16-56-57-17-15-42-34(50)23-44-36(51)32(19-26-21-43-29-11-6-5-10-28(26)29)49-37(52)30(12-7-14-40)47-38(53)31(18-25-8-3-2-4-9-25)48-39(54)33(46-35)20-27-22-41-24-45-27/h2-6,8-11,21-22,24,30-33,35,39,43,46,48,54H,7,12-20,23,40H2,1H3,(H,41,45)(H,42,50)(H,44,51)(H,47,53)(H,49,52)/t30-,31?,32-,33-,35?,39?/m0/s1. The lowest BCUT2D eigenvalue weighted by molar-refractivity contribution is -0.133. The van der Waals surface area contributed by atoms with Crippen molar-refractivity contribution in [2.75, 3.05) is 38.2 Å². The van der Waals surface area contributed by atoms with E-state index in [4.69, 9.17) is 10.5 Å². The number of carbonyl (C=O) groups excluding carboxylic acids is 4. The van der Waals surface area contributed by atoms with Crippen LogP contribution in [0.4, 0.5) is 0 Å². The van der Waals surface area contributed by atoms with Gasteiger partial charge < -0.3 is 46.8 Å². The third-order valence-electron chi connectivity index (χ3n) is 9.57. The van der Waals surface area contributed by atoms with E-state index >= 15 is 0 Å². The van der Waals surface area contributed by atoms with Gasteiger partial charge >= 0.3 is 0 Å². The van der Waals surface area contributed by atoms with Gasteiger partial charge in [0.05, 0.1) is 25.0 Å². The molecule has 6 atom stereocenters. The second kappa shape index (κ2) is 23.1. The SMILES string of the molecule is COC1CCSSCCNC(=O)CNC(=O)[C@H](Cc2c[nH]c3ccccc23)NC(=O)[C@H](CCCN)NC(=O)C(Cc2ccccc2)NC(O)[C@H](Cc2cnc[nH]2)N1. The summed E-state index contributed by atoms with van der Waals surface area (Å²) < 4.78 is 5.76. The van der Waals surface area contributed by atoms with Gasteiger partial charge in [-0.1, -0.05) is 70.1 Å². The van der Waals surface area contributed by atoms with Crippen molar-refractivity contribution >= 4 is 56.1 Å². The van der Waals surface area contributed by atoms with Crippen LogP contribution in [0.25, 0.3) is 10.9 Å². The molecule has 4 aromatic rings. The first kappa shape index (κ1) is 43.7. The Labute approximate surface area is 340 Å². The van der Waals surface area contributed by atoms with Gasteiger partial charge in [-0.05, 0) is 49.4 Å². The van der Waals surface area contributed by atoms with E-state index in [2.05, 4.69) is 46.9 Å². The number of amides is 4. The summed E-state index contributed by atoms with van der Waals surface area (Å²) in [6, 6.07) is 13.2. The molecule has 4 amide bonds. The molecule has 0 bridgehead atoms. The molecule has 0 radical (unpaired) electrons. The summed E-state index contributed by atoms with van der Waals surface area (Å²) in [4.78, 5) is 65.3. The lowest BCUT2D eigenvalue weighted by atomic mass is 10.0. The van der Waals surface area contributed by atoms with Crippen LogP contribution in [0.2, 0.25) is 0 Å². The molecule has 0 saturated carbocycles. The molecule has 3 heterocycles. The zero-order chi connectivity index (χ0) is 40.4. The molecule has 1 aliphatic heterocycles. The fourth-order valence-corrected chi connectivity index (χ4v) is 8.50. The Hall–Kier alpha value is -4.43. The average molecular weight is 823 g/mol. The number of para-hydroxylation sites is 1. The van der Waals surface area contributed by atoms with Gasteiger partial charge in [-0.15, -0.1) is 0 Å². The number of methoxy groups -OCH3 is 1. The molecule has 308 valence electrons. The van der Waals surface area contributed by atoms with Crippen molar-refractivity contribution in [3.05, 3.63) is 90.1 Å². The van der Waals surface area contributed by atoms with Gasteiger partial charge in [0, 0.05) is 67.0 Å². The van der Waals surface area contributed by atoms with Crippen LogP contribution < -0.4 is 37.6 Å². The first-order valence-corrected chi connectivity index (χ1v) is 21.6. The minimum atomic E-state index is -1.25. The van der Waals surface area contributed by atoms with E-state index in [-0.39, 0.29) is 38.3 Å². The van der Waals surface area contributed by atoms with Crippen molar-refractivity contribution in [3.8, 4) is 0 Å². The van der Waals surface area contributed by atoms with Gasteiger partial charge in [0.1, 0.15) is 24.5 Å². The van der Waals surface area contributed by atoms with Crippen LogP contribution in [0, 0.1) is 0 Å². The van der Waals surface area contributed by atoms with E-state index in [0.29, 0.717) is 37.3 Å². The fourth-order valence-electron chi connectivity index (χ4n) is 6.53. The average Bonchev–Trinajstić information content (AvgIpc) is 3.89. The minimum Gasteiger partial charge on any atom is -0.377 e. The monoisotopic (exact) mass is 822 g/mol. The molecule has 57 heavy (non-hydrogen) atoms. The number of hydrogen-bond acceptors (Lipinski definition) is 12. The number of aliphatic hydroxyl groups excluding tert-OH is 1. The van der Waals surface area contributed by atoms with Crippen molar-refractivity contribution in [1.82, 2.24) is 46.9 Å². The van der Waals surface area contributed by atoms with Crippen molar-refractivity contribution in [2.45, 2.75) is 75.1 Å². The molecular weight excluding hydrogens is 769 g/mol. The smallest absolute Gasteiger partial charge is 0.243 e. The number of benzene rings is 2. The Balaban J connectivity index is 1.43.